The maximum atomic E-state index is 6.00. The first-order valence-corrected chi connectivity index (χ1v) is 6.69. The summed E-state index contributed by atoms with van der Waals surface area (Å²) in [4.78, 5) is 0. The Morgan fingerprint density at radius 3 is 2.88 bits per heavy atom. The molecule has 2 fully saturated rings. The molecule has 92 valence electrons. The zero-order chi connectivity index (χ0) is 11.4. The van der Waals surface area contributed by atoms with E-state index in [9.17, 15) is 0 Å². The van der Waals surface area contributed by atoms with Crippen LogP contribution in [0, 0.1) is 5.41 Å². The molecule has 2 aliphatic rings. The van der Waals surface area contributed by atoms with E-state index in [4.69, 9.17) is 9.47 Å². The molecule has 2 rings (SSSR count). The topological polar surface area (TPSA) is 18.5 Å². The smallest absolute Gasteiger partial charge is 0.0873 e. The van der Waals surface area contributed by atoms with Gasteiger partial charge in [0.05, 0.1) is 25.1 Å². The van der Waals surface area contributed by atoms with Crippen molar-refractivity contribution in [3.63, 3.8) is 0 Å². The van der Waals surface area contributed by atoms with Gasteiger partial charge in [0.2, 0.25) is 0 Å². The van der Waals surface area contributed by atoms with E-state index in [1.54, 1.807) is 6.26 Å². The number of hydrogen-bond acceptors (Lipinski definition) is 2. The van der Waals surface area contributed by atoms with Crippen molar-refractivity contribution in [1.29, 1.82) is 0 Å². The van der Waals surface area contributed by atoms with Crippen LogP contribution in [-0.2, 0) is 9.47 Å². The maximum absolute atomic E-state index is 6.00. The van der Waals surface area contributed by atoms with Gasteiger partial charge in [0.25, 0.3) is 0 Å². The van der Waals surface area contributed by atoms with Crippen molar-refractivity contribution in [3.05, 3.63) is 12.3 Å². The Hall–Kier alpha value is -0.500. The molecule has 2 heteroatoms. The first kappa shape index (κ1) is 12.0. The molecule has 0 amide bonds. The van der Waals surface area contributed by atoms with Crippen LogP contribution in [0.3, 0.4) is 0 Å². The van der Waals surface area contributed by atoms with Crippen LogP contribution in [0.25, 0.3) is 0 Å². The Bertz CT molecular complexity index is 249. The fraction of sp³-hybridized carbons (Fsp3) is 0.857. The van der Waals surface area contributed by atoms with E-state index >= 15 is 0 Å². The monoisotopic (exact) mass is 224 g/mol. The normalized spacial score (nSPS) is 37.4. The highest BCUT2D eigenvalue weighted by molar-refractivity contribution is 4.99. The highest BCUT2D eigenvalue weighted by Crippen LogP contribution is 2.52. The number of allylic oxidation sites excluding steroid dienone is 1. The zero-order valence-electron chi connectivity index (χ0n) is 10.6. The molecular weight excluding hydrogens is 200 g/mol. The molecular formula is C14H24O2. The molecule has 2 bridgehead atoms. The third-order valence-electron chi connectivity index (χ3n) is 4.30. The first-order valence-electron chi connectivity index (χ1n) is 6.69. The molecule has 2 nitrogen and oxygen atoms in total. The van der Waals surface area contributed by atoms with Crippen LogP contribution in [0.4, 0.5) is 0 Å². The fourth-order valence-corrected chi connectivity index (χ4v) is 3.37. The van der Waals surface area contributed by atoms with E-state index < -0.39 is 0 Å². The Balaban J connectivity index is 1.77. The summed E-state index contributed by atoms with van der Waals surface area (Å²) >= 11 is 0. The molecule has 0 spiro atoms. The lowest BCUT2D eigenvalue weighted by molar-refractivity contribution is 0.0502. The van der Waals surface area contributed by atoms with Gasteiger partial charge in [-0.2, -0.15) is 0 Å². The molecule has 2 aliphatic heterocycles. The predicted molar refractivity (Wildman–Crippen MR) is 65.2 cm³/mol. The fourth-order valence-electron chi connectivity index (χ4n) is 3.37. The van der Waals surface area contributed by atoms with E-state index in [-0.39, 0.29) is 0 Å². The molecule has 3 atom stereocenters. The molecule has 0 saturated carbocycles. The second-order valence-corrected chi connectivity index (χ2v) is 5.19. The van der Waals surface area contributed by atoms with Gasteiger partial charge in [-0.3, -0.25) is 0 Å². The molecule has 0 aromatic heterocycles. The first-order chi connectivity index (χ1) is 7.80. The third-order valence-corrected chi connectivity index (χ3v) is 4.30. The SMILES string of the molecule is C/C=C/OCCCC1(CC)CC2CCC1O2. The lowest BCUT2D eigenvalue weighted by Gasteiger charge is -2.34. The van der Waals surface area contributed by atoms with E-state index in [0.717, 1.165) is 13.0 Å². The maximum Gasteiger partial charge on any atom is 0.0873 e. The summed E-state index contributed by atoms with van der Waals surface area (Å²) in [7, 11) is 0. The summed E-state index contributed by atoms with van der Waals surface area (Å²) in [6.07, 6.45) is 12.4. The van der Waals surface area contributed by atoms with Gasteiger partial charge in [0.15, 0.2) is 0 Å². The Morgan fingerprint density at radius 2 is 2.31 bits per heavy atom. The van der Waals surface area contributed by atoms with Crippen LogP contribution in [0.15, 0.2) is 12.3 Å². The summed E-state index contributed by atoms with van der Waals surface area (Å²) in [6, 6.07) is 0. The van der Waals surface area contributed by atoms with E-state index in [0.29, 0.717) is 17.6 Å². The quantitative estimate of drug-likeness (QED) is 0.506. The highest BCUT2D eigenvalue weighted by atomic mass is 16.5. The van der Waals surface area contributed by atoms with Crippen LogP contribution in [0.5, 0.6) is 0 Å². The average molecular weight is 224 g/mol. The molecule has 0 radical (unpaired) electrons. The van der Waals surface area contributed by atoms with Gasteiger partial charge in [-0.05, 0) is 50.9 Å². The van der Waals surface area contributed by atoms with Crippen molar-refractivity contribution in [2.75, 3.05) is 6.61 Å². The number of ether oxygens (including phenoxy) is 2. The van der Waals surface area contributed by atoms with Gasteiger partial charge in [0.1, 0.15) is 0 Å². The molecule has 3 unspecified atom stereocenters. The Kier molecular flexibility index (Phi) is 3.91. The third kappa shape index (κ3) is 2.27. The van der Waals surface area contributed by atoms with Crippen LogP contribution in [-0.4, -0.2) is 18.8 Å². The minimum atomic E-state index is 0.474. The van der Waals surface area contributed by atoms with Crippen molar-refractivity contribution in [1.82, 2.24) is 0 Å². The predicted octanol–water partition coefficient (Wildman–Crippen LogP) is 3.66. The molecule has 16 heavy (non-hydrogen) atoms. The lowest BCUT2D eigenvalue weighted by atomic mass is 9.69. The van der Waals surface area contributed by atoms with E-state index in [1.807, 2.05) is 13.0 Å². The number of hydrogen-bond donors (Lipinski definition) is 0. The van der Waals surface area contributed by atoms with Crippen molar-refractivity contribution < 1.29 is 9.47 Å². The molecule has 2 heterocycles. The van der Waals surface area contributed by atoms with Gasteiger partial charge in [0, 0.05) is 0 Å². The molecule has 0 aliphatic carbocycles. The summed E-state index contributed by atoms with van der Waals surface area (Å²) in [5, 5.41) is 0. The van der Waals surface area contributed by atoms with Crippen molar-refractivity contribution in [2.45, 2.75) is 64.6 Å². The Labute approximate surface area is 99.0 Å². The average Bonchev–Trinajstić information content (AvgIpc) is 2.89. The van der Waals surface area contributed by atoms with Gasteiger partial charge in [-0.25, -0.2) is 0 Å². The minimum Gasteiger partial charge on any atom is -0.502 e. The van der Waals surface area contributed by atoms with Crippen LogP contribution in [0.1, 0.15) is 52.4 Å². The lowest BCUT2D eigenvalue weighted by Crippen LogP contribution is -2.32. The molecule has 0 N–H and O–H groups in total. The second kappa shape index (κ2) is 5.22. The summed E-state index contributed by atoms with van der Waals surface area (Å²) in [6.45, 7) is 5.15. The molecule has 0 aromatic carbocycles. The van der Waals surface area contributed by atoms with Crippen LogP contribution in [0.2, 0.25) is 0 Å². The van der Waals surface area contributed by atoms with E-state index in [2.05, 4.69) is 6.92 Å². The summed E-state index contributed by atoms with van der Waals surface area (Å²) in [5.74, 6) is 0. The summed E-state index contributed by atoms with van der Waals surface area (Å²) in [5.41, 5.74) is 0.474. The largest absolute Gasteiger partial charge is 0.502 e. The minimum absolute atomic E-state index is 0.474. The van der Waals surface area contributed by atoms with Crippen molar-refractivity contribution >= 4 is 0 Å². The van der Waals surface area contributed by atoms with Gasteiger partial charge in [-0.15, -0.1) is 0 Å². The van der Waals surface area contributed by atoms with E-state index in [1.165, 1.54) is 32.1 Å². The van der Waals surface area contributed by atoms with Gasteiger partial charge < -0.3 is 9.47 Å². The van der Waals surface area contributed by atoms with Crippen molar-refractivity contribution in [2.24, 2.45) is 5.41 Å². The van der Waals surface area contributed by atoms with Crippen molar-refractivity contribution in [3.8, 4) is 0 Å². The number of rotatable bonds is 6. The van der Waals surface area contributed by atoms with Crippen LogP contribution < -0.4 is 0 Å². The van der Waals surface area contributed by atoms with Gasteiger partial charge in [-0.1, -0.05) is 13.0 Å². The number of fused-ring (bicyclic) bond motifs is 2. The zero-order valence-corrected chi connectivity index (χ0v) is 10.6. The summed E-state index contributed by atoms with van der Waals surface area (Å²) < 4.78 is 11.4. The van der Waals surface area contributed by atoms with Gasteiger partial charge >= 0.3 is 0 Å². The van der Waals surface area contributed by atoms with Crippen LogP contribution >= 0.6 is 0 Å². The molecule has 0 aromatic rings. The standard InChI is InChI=1S/C14H24O2/c1-3-9-15-10-5-8-14(4-2)11-12-6-7-13(14)16-12/h3,9,12-13H,4-8,10-11H2,1-2H3/b9-3+. The molecule has 2 saturated heterocycles. The highest BCUT2D eigenvalue weighted by Gasteiger charge is 2.50. The Morgan fingerprint density at radius 1 is 1.44 bits per heavy atom. The second-order valence-electron chi connectivity index (χ2n) is 5.19.